The second-order valence-electron chi connectivity index (χ2n) is 2.81. The summed E-state index contributed by atoms with van der Waals surface area (Å²) in [6.45, 7) is 2.91. The van der Waals surface area contributed by atoms with Crippen molar-refractivity contribution in [2.75, 3.05) is 13.7 Å². The fourth-order valence-electron chi connectivity index (χ4n) is 1.12. The van der Waals surface area contributed by atoms with Gasteiger partial charge in [-0.25, -0.2) is 0 Å². The number of rotatable bonds is 3. The van der Waals surface area contributed by atoms with Gasteiger partial charge in [0.2, 0.25) is 0 Å². The van der Waals surface area contributed by atoms with Gasteiger partial charge < -0.3 is 4.74 Å². The zero-order chi connectivity index (χ0) is 8.97. The van der Waals surface area contributed by atoms with E-state index in [1.54, 1.807) is 7.11 Å². The Kier molecular flexibility index (Phi) is 3.76. The Labute approximate surface area is 81.9 Å². The highest BCUT2D eigenvalue weighted by Gasteiger charge is 1.98. The molecule has 0 atom stereocenters. The van der Waals surface area contributed by atoms with Gasteiger partial charge in [-0.2, -0.15) is 0 Å². The summed E-state index contributed by atoms with van der Waals surface area (Å²) in [5.41, 5.74) is 2.68. The van der Waals surface area contributed by atoms with E-state index >= 15 is 0 Å². The molecule has 0 bridgehead atoms. The lowest BCUT2D eigenvalue weighted by Crippen LogP contribution is -1.96. The number of ether oxygens (including phenoxy) is 1. The molecule has 0 radical (unpaired) electrons. The molecular weight excluding hydrogens is 216 g/mol. The first-order valence-corrected chi connectivity index (χ1v) is 4.77. The maximum atomic E-state index is 5.03. The lowest BCUT2D eigenvalue weighted by Gasteiger charge is -2.04. The van der Waals surface area contributed by atoms with Crippen LogP contribution in [0.1, 0.15) is 11.1 Å². The Hall–Kier alpha value is -0.340. The predicted molar refractivity (Wildman–Crippen MR) is 54.5 cm³/mol. The van der Waals surface area contributed by atoms with Crippen LogP contribution in [-0.4, -0.2) is 13.7 Å². The monoisotopic (exact) mass is 228 g/mol. The molecule has 0 aromatic heterocycles. The molecule has 0 saturated heterocycles. The molecule has 1 rings (SSSR count). The van der Waals surface area contributed by atoms with Crippen molar-refractivity contribution in [2.24, 2.45) is 0 Å². The summed E-state index contributed by atoms with van der Waals surface area (Å²) < 4.78 is 6.16. The van der Waals surface area contributed by atoms with Gasteiger partial charge in [0.15, 0.2) is 0 Å². The minimum Gasteiger partial charge on any atom is -0.384 e. The summed E-state index contributed by atoms with van der Waals surface area (Å²) in [6, 6.07) is 6.33. The summed E-state index contributed by atoms with van der Waals surface area (Å²) >= 11 is 3.45. The maximum absolute atomic E-state index is 5.03. The molecule has 1 aromatic carbocycles. The first kappa shape index (κ1) is 9.75. The minimum atomic E-state index is 0.789. The van der Waals surface area contributed by atoms with Crippen molar-refractivity contribution < 1.29 is 4.74 Å². The van der Waals surface area contributed by atoms with E-state index in [1.807, 2.05) is 0 Å². The van der Waals surface area contributed by atoms with Crippen LogP contribution in [0.15, 0.2) is 22.7 Å². The zero-order valence-electron chi connectivity index (χ0n) is 7.43. The molecule has 1 nitrogen and oxygen atoms in total. The standard InChI is InChI=1S/C10H13BrO/c1-8-3-4-10(11)7-9(8)5-6-12-2/h3-4,7H,5-6H2,1-2H3. The van der Waals surface area contributed by atoms with Crippen molar-refractivity contribution in [3.63, 3.8) is 0 Å². The van der Waals surface area contributed by atoms with Crippen molar-refractivity contribution in [3.8, 4) is 0 Å². The predicted octanol–water partition coefficient (Wildman–Crippen LogP) is 2.95. The number of hydrogen-bond acceptors (Lipinski definition) is 1. The van der Waals surface area contributed by atoms with Gasteiger partial charge in [0.25, 0.3) is 0 Å². The first-order chi connectivity index (χ1) is 5.74. The molecule has 0 aliphatic carbocycles. The molecule has 66 valence electrons. The highest BCUT2D eigenvalue weighted by atomic mass is 79.9. The summed E-state index contributed by atoms with van der Waals surface area (Å²) in [7, 11) is 1.73. The van der Waals surface area contributed by atoms with Crippen LogP contribution >= 0.6 is 15.9 Å². The minimum absolute atomic E-state index is 0.789. The van der Waals surface area contributed by atoms with Gasteiger partial charge in [-0.05, 0) is 36.6 Å². The molecule has 0 aliphatic rings. The summed E-state index contributed by atoms with van der Waals surface area (Å²) in [6.07, 6.45) is 0.988. The Morgan fingerprint density at radius 1 is 1.42 bits per heavy atom. The average Bonchev–Trinajstić information content (AvgIpc) is 2.07. The number of aryl methyl sites for hydroxylation is 1. The lowest BCUT2D eigenvalue weighted by atomic mass is 10.1. The van der Waals surface area contributed by atoms with E-state index in [0.29, 0.717) is 0 Å². The summed E-state index contributed by atoms with van der Waals surface area (Å²) in [5, 5.41) is 0. The van der Waals surface area contributed by atoms with Crippen molar-refractivity contribution in [2.45, 2.75) is 13.3 Å². The van der Waals surface area contributed by atoms with Crippen LogP contribution in [0.5, 0.6) is 0 Å². The van der Waals surface area contributed by atoms with E-state index < -0.39 is 0 Å². The number of benzene rings is 1. The van der Waals surface area contributed by atoms with Crippen LogP contribution < -0.4 is 0 Å². The van der Waals surface area contributed by atoms with E-state index in [4.69, 9.17) is 4.74 Å². The van der Waals surface area contributed by atoms with Crippen LogP contribution in [0.3, 0.4) is 0 Å². The second kappa shape index (κ2) is 4.63. The molecule has 0 unspecified atom stereocenters. The number of methoxy groups -OCH3 is 1. The Bertz CT molecular complexity index is 258. The van der Waals surface area contributed by atoms with Crippen LogP contribution in [-0.2, 0) is 11.2 Å². The molecule has 2 heteroatoms. The largest absolute Gasteiger partial charge is 0.384 e. The topological polar surface area (TPSA) is 9.23 Å². The van der Waals surface area contributed by atoms with Gasteiger partial charge in [-0.1, -0.05) is 22.0 Å². The SMILES string of the molecule is COCCc1cc(Br)ccc1C. The zero-order valence-corrected chi connectivity index (χ0v) is 9.02. The Balaban J connectivity index is 2.75. The van der Waals surface area contributed by atoms with E-state index in [9.17, 15) is 0 Å². The average molecular weight is 229 g/mol. The summed E-state index contributed by atoms with van der Waals surface area (Å²) in [5.74, 6) is 0. The second-order valence-corrected chi connectivity index (χ2v) is 3.73. The van der Waals surface area contributed by atoms with Crippen molar-refractivity contribution >= 4 is 15.9 Å². The molecule has 0 heterocycles. The highest BCUT2D eigenvalue weighted by Crippen LogP contribution is 2.16. The molecule has 0 fully saturated rings. The third-order valence-electron chi connectivity index (χ3n) is 1.89. The van der Waals surface area contributed by atoms with E-state index in [-0.39, 0.29) is 0 Å². The molecule has 0 saturated carbocycles. The maximum Gasteiger partial charge on any atom is 0.0502 e. The van der Waals surface area contributed by atoms with Gasteiger partial charge in [-0.15, -0.1) is 0 Å². The van der Waals surface area contributed by atoms with Crippen molar-refractivity contribution in [3.05, 3.63) is 33.8 Å². The summed E-state index contributed by atoms with van der Waals surface area (Å²) in [4.78, 5) is 0. The molecule has 0 amide bonds. The fourth-order valence-corrected chi connectivity index (χ4v) is 1.53. The van der Waals surface area contributed by atoms with Crippen molar-refractivity contribution in [1.82, 2.24) is 0 Å². The van der Waals surface area contributed by atoms with Gasteiger partial charge in [-0.3, -0.25) is 0 Å². The highest BCUT2D eigenvalue weighted by molar-refractivity contribution is 9.10. The molecule has 12 heavy (non-hydrogen) atoms. The quantitative estimate of drug-likeness (QED) is 0.774. The third-order valence-corrected chi connectivity index (χ3v) is 2.38. The fraction of sp³-hybridized carbons (Fsp3) is 0.400. The van der Waals surface area contributed by atoms with Gasteiger partial charge in [0.05, 0.1) is 6.61 Å². The lowest BCUT2D eigenvalue weighted by molar-refractivity contribution is 0.202. The molecule has 0 spiro atoms. The van der Waals surface area contributed by atoms with Crippen LogP contribution in [0.4, 0.5) is 0 Å². The molecule has 1 aromatic rings. The third kappa shape index (κ3) is 2.61. The Morgan fingerprint density at radius 3 is 2.83 bits per heavy atom. The van der Waals surface area contributed by atoms with Crippen LogP contribution in [0.25, 0.3) is 0 Å². The molecular formula is C10H13BrO. The number of hydrogen-bond donors (Lipinski definition) is 0. The van der Waals surface area contributed by atoms with E-state index in [0.717, 1.165) is 17.5 Å². The van der Waals surface area contributed by atoms with Crippen LogP contribution in [0.2, 0.25) is 0 Å². The molecule has 0 N–H and O–H groups in total. The van der Waals surface area contributed by atoms with Crippen molar-refractivity contribution in [1.29, 1.82) is 0 Å². The van der Waals surface area contributed by atoms with E-state index in [2.05, 4.69) is 41.1 Å². The van der Waals surface area contributed by atoms with Gasteiger partial charge in [0, 0.05) is 11.6 Å². The normalized spacial score (nSPS) is 10.2. The van der Waals surface area contributed by atoms with Gasteiger partial charge in [0.1, 0.15) is 0 Å². The Morgan fingerprint density at radius 2 is 2.17 bits per heavy atom. The van der Waals surface area contributed by atoms with E-state index in [1.165, 1.54) is 11.1 Å². The van der Waals surface area contributed by atoms with Crippen LogP contribution in [0, 0.1) is 6.92 Å². The number of halogens is 1. The first-order valence-electron chi connectivity index (χ1n) is 3.98. The smallest absolute Gasteiger partial charge is 0.0502 e. The van der Waals surface area contributed by atoms with Gasteiger partial charge >= 0.3 is 0 Å². The molecule has 0 aliphatic heterocycles.